The van der Waals surface area contributed by atoms with Crippen molar-refractivity contribution in [2.24, 2.45) is 0 Å². The Labute approximate surface area is 136 Å². The molecule has 5 N–H and O–H groups in total. The van der Waals surface area contributed by atoms with Gasteiger partial charge in [-0.1, -0.05) is 0 Å². The Bertz CT molecular complexity index is 624. The van der Waals surface area contributed by atoms with Crippen molar-refractivity contribution in [2.75, 3.05) is 0 Å². The van der Waals surface area contributed by atoms with Crippen molar-refractivity contribution in [3.63, 3.8) is 0 Å². The SMILES string of the molecule is O=C(O)c1ncccc1O.O=C(O)c1ncccc1O.[O]=[V][OH]. The molecule has 0 spiro atoms. The van der Waals surface area contributed by atoms with Crippen molar-refractivity contribution in [3.8, 4) is 11.5 Å². The third kappa shape index (κ3) is 7.67. The number of aromatic carboxylic acids is 2. The molecule has 2 aromatic rings. The van der Waals surface area contributed by atoms with E-state index in [-0.39, 0.29) is 22.9 Å². The number of carboxylic acids is 2. The van der Waals surface area contributed by atoms with Crippen LogP contribution in [0.25, 0.3) is 0 Å². The summed E-state index contributed by atoms with van der Waals surface area (Å²) in [7, 11) is 0. The topological polar surface area (TPSA) is 178 Å². The number of hydrogen-bond donors (Lipinski definition) is 5. The number of aromatic nitrogens is 2. The summed E-state index contributed by atoms with van der Waals surface area (Å²) in [5, 5.41) is 34.4. The molecule has 0 unspecified atom stereocenters. The Morgan fingerprint density at radius 2 is 1.17 bits per heavy atom. The fourth-order valence-corrected chi connectivity index (χ4v) is 1.12. The van der Waals surface area contributed by atoms with Crippen LogP contribution in [0.15, 0.2) is 36.7 Å². The summed E-state index contributed by atoms with van der Waals surface area (Å²) in [6, 6.07) is 5.47. The molecule has 2 rings (SSSR count). The van der Waals surface area contributed by atoms with Crippen molar-refractivity contribution in [1.82, 2.24) is 9.97 Å². The Balaban J connectivity index is 0.000000360. The van der Waals surface area contributed by atoms with Crippen molar-refractivity contribution >= 4 is 11.9 Å². The van der Waals surface area contributed by atoms with Gasteiger partial charge in [0.05, 0.1) is 0 Å². The van der Waals surface area contributed by atoms with Gasteiger partial charge in [0.2, 0.25) is 0 Å². The van der Waals surface area contributed by atoms with Crippen molar-refractivity contribution in [1.29, 1.82) is 0 Å². The van der Waals surface area contributed by atoms with Crippen LogP contribution in [-0.2, 0) is 20.3 Å². The van der Waals surface area contributed by atoms with E-state index in [0.717, 1.165) is 0 Å². The van der Waals surface area contributed by atoms with Gasteiger partial charge < -0.3 is 20.4 Å². The fraction of sp³-hybridized carbons (Fsp3) is 0. The van der Waals surface area contributed by atoms with Gasteiger partial charge in [0.1, 0.15) is 11.5 Å². The summed E-state index contributed by atoms with van der Waals surface area (Å²) < 4.78 is 15.7. The van der Waals surface area contributed by atoms with E-state index in [4.69, 9.17) is 28.1 Å². The van der Waals surface area contributed by atoms with Gasteiger partial charge in [-0.15, -0.1) is 0 Å². The third-order valence-electron chi connectivity index (χ3n) is 1.98. The number of pyridine rings is 2. The number of carbonyl (C=O) groups is 2. The monoisotopic (exact) mass is 362 g/mol. The maximum absolute atomic E-state index is 10.2. The van der Waals surface area contributed by atoms with Crippen molar-refractivity contribution in [2.45, 2.75) is 0 Å². The average molecular weight is 362 g/mol. The van der Waals surface area contributed by atoms with Crippen LogP contribution in [-0.4, -0.2) is 46.4 Å². The van der Waals surface area contributed by atoms with Gasteiger partial charge in [-0.05, 0) is 24.3 Å². The first-order chi connectivity index (χ1) is 10.8. The van der Waals surface area contributed by atoms with E-state index in [2.05, 4.69) is 9.97 Å². The minimum atomic E-state index is -1.56. The van der Waals surface area contributed by atoms with E-state index in [1.165, 1.54) is 36.7 Å². The second kappa shape index (κ2) is 10.8. The van der Waals surface area contributed by atoms with E-state index in [1.54, 1.807) is 0 Å². The molecule has 0 radical (unpaired) electrons. The molecule has 23 heavy (non-hydrogen) atoms. The zero-order chi connectivity index (χ0) is 17.8. The van der Waals surface area contributed by atoms with E-state index in [0.29, 0.717) is 0 Å². The van der Waals surface area contributed by atoms with Crippen LogP contribution >= 0.6 is 0 Å². The van der Waals surface area contributed by atoms with Gasteiger partial charge in [0.25, 0.3) is 0 Å². The number of aromatic hydroxyl groups is 2. The number of rotatable bonds is 2. The van der Waals surface area contributed by atoms with Crippen LogP contribution < -0.4 is 0 Å². The van der Waals surface area contributed by atoms with E-state index in [1.807, 2.05) is 0 Å². The number of nitrogens with zero attached hydrogens (tertiary/aromatic N) is 2. The molecule has 0 bridgehead atoms. The molecule has 0 aliphatic heterocycles. The third-order valence-corrected chi connectivity index (χ3v) is 1.98. The molecule has 10 nitrogen and oxygen atoms in total. The molecule has 2 heterocycles. The Hall–Kier alpha value is -2.82. The minimum absolute atomic E-state index is 0.310. The van der Waals surface area contributed by atoms with Gasteiger partial charge >= 0.3 is 36.2 Å². The van der Waals surface area contributed by atoms with Crippen LogP contribution in [0.4, 0.5) is 0 Å². The first-order valence-electron chi connectivity index (χ1n) is 5.56. The molecule has 0 fully saturated rings. The Morgan fingerprint density at radius 3 is 1.35 bits per heavy atom. The normalized spacial score (nSPS) is 8.57. The summed E-state index contributed by atoms with van der Waals surface area (Å²) in [4.78, 5) is 27.3. The molecule has 0 saturated heterocycles. The summed E-state index contributed by atoms with van der Waals surface area (Å²) in [6.07, 6.45) is 2.62. The zero-order valence-corrected chi connectivity index (χ0v) is 12.7. The second-order valence-electron chi connectivity index (χ2n) is 3.43. The molecule has 11 heteroatoms. The predicted molar refractivity (Wildman–Crippen MR) is 68.6 cm³/mol. The van der Waals surface area contributed by atoms with Gasteiger partial charge in [0, 0.05) is 12.4 Å². The zero-order valence-electron chi connectivity index (χ0n) is 11.3. The van der Waals surface area contributed by atoms with Crippen LogP contribution in [0.3, 0.4) is 0 Å². The molecule has 0 amide bonds. The first kappa shape index (κ1) is 20.2. The molecule has 0 atom stereocenters. The summed E-state index contributed by atoms with van der Waals surface area (Å²) >= 11 is -1.56. The van der Waals surface area contributed by atoms with Crippen LogP contribution in [0.5, 0.6) is 11.5 Å². The van der Waals surface area contributed by atoms with Gasteiger partial charge in [-0.3, -0.25) is 0 Å². The van der Waals surface area contributed by atoms with Crippen LogP contribution in [0.1, 0.15) is 21.0 Å². The summed E-state index contributed by atoms with van der Waals surface area (Å²) in [5.41, 5.74) is -0.634. The molecule has 2 aromatic heterocycles. The number of hydrogen-bond acceptors (Lipinski definition) is 7. The Kier molecular flexibility index (Phi) is 9.52. The summed E-state index contributed by atoms with van der Waals surface area (Å²) in [6.45, 7) is 0. The average Bonchev–Trinajstić information content (AvgIpc) is 2.49. The van der Waals surface area contributed by atoms with Crippen molar-refractivity contribution in [3.05, 3.63) is 48.0 Å². The molecular weight excluding hydrogens is 351 g/mol. The molecule has 122 valence electrons. The second-order valence-corrected chi connectivity index (χ2v) is 3.69. The molecule has 0 aliphatic carbocycles. The molecule has 0 aliphatic rings. The quantitative estimate of drug-likeness (QED) is 0.498. The van der Waals surface area contributed by atoms with Gasteiger partial charge in [-0.25, -0.2) is 19.6 Å². The standard InChI is InChI=1S/2C6H5NO3.H2O.O.V/c2*8-4-2-1-3-7-5(4)6(9)10;;;/h2*1-3,8H,(H,9,10);1H2;;/q;;;;+1/p-1. The van der Waals surface area contributed by atoms with E-state index >= 15 is 0 Å². The maximum atomic E-state index is 10.2. The molecule has 0 saturated carbocycles. The van der Waals surface area contributed by atoms with Crippen LogP contribution in [0.2, 0.25) is 0 Å². The van der Waals surface area contributed by atoms with Crippen LogP contribution in [0, 0.1) is 0 Å². The molecular formula is C12H11N2O8V. The predicted octanol–water partition coefficient (Wildman–Crippen LogP) is 0.292. The number of carboxylic acid groups (broad SMARTS) is 2. The van der Waals surface area contributed by atoms with E-state index < -0.39 is 28.5 Å². The van der Waals surface area contributed by atoms with Gasteiger partial charge in [-0.2, -0.15) is 0 Å². The fourth-order valence-electron chi connectivity index (χ4n) is 1.12. The Morgan fingerprint density at radius 1 is 0.870 bits per heavy atom. The first-order valence-corrected chi connectivity index (χ1v) is 6.75. The summed E-state index contributed by atoms with van der Waals surface area (Å²) in [5.74, 6) is -3.07. The van der Waals surface area contributed by atoms with Gasteiger partial charge in [0.15, 0.2) is 11.4 Å². The van der Waals surface area contributed by atoms with Crippen molar-refractivity contribution < 1.29 is 54.3 Å². The van der Waals surface area contributed by atoms with E-state index in [9.17, 15) is 9.59 Å². The molecule has 0 aromatic carbocycles.